The number of rotatable bonds is 14. The smallest absolute Gasteiger partial charge is 0.326 e. The van der Waals surface area contributed by atoms with E-state index in [1.165, 1.54) is 12.5 Å². The number of carboxylic acids is 2. The van der Waals surface area contributed by atoms with E-state index in [4.69, 9.17) is 16.6 Å². The van der Waals surface area contributed by atoms with Crippen LogP contribution in [0.25, 0.3) is 0 Å². The Balaban J connectivity index is 2.67. The second kappa shape index (κ2) is 12.6. The first kappa shape index (κ1) is 26.0. The molecule has 176 valence electrons. The zero-order valence-corrected chi connectivity index (χ0v) is 16.9. The molecule has 0 aliphatic rings. The van der Waals surface area contributed by atoms with Gasteiger partial charge in [-0.25, -0.2) is 9.78 Å². The molecule has 0 saturated carbocycles. The van der Waals surface area contributed by atoms with Crippen LogP contribution >= 0.6 is 0 Å². The predicted octanol–water partition coefficient (Wildman–Crippen LogP) is -3.81. The van der Waals surface area contributed by atoms with Gasteiger partial charge < -0.3 is 42.6 Å². The molecule has 0 aliphatic carbocycles. The van der Waals surface area contributed by atoms with E-state index in [2.05, 4.69) is 25.9 Å². The molecule has 0 spiro atoms. The maximum absolute atomic E-state index is 12.4. The zero-order chi connectivity index (χ0) is 24.3. The van der Waals surface area contributed by atoms with Crippen molar-refractivity contribution in [3.8, 4) is 0 Å². The van der Waals surface area contributed by atoms with Crippen LogP contribution in [-0.4, -0.2) is 80.4 Å². The van der Waals surface area contributed by atoms with E-state index < -0.39 is 66.7 Å². The number of carboxylic acid groups (broad SMARTS) is 2. The van der Waals surface area contributed by atoms with Crippen molar-refractivity contribution >= 4 is 35.6 Å². The van der Waals surface area contributed by atoms with Gasteiger partial charge in [-0.2, -0.15) is 0 Å². The van der Waals surface area contributed by atoms with E-state index >= 15 is 0 Å². The minimum atomic E-state index is -1.61. The first-order valence-electron chi connectivity index (χ1n) is 9.32. The van der Waals surface area contributed by atoms with Crippen molar-refractivity contribution in [2.24, 2.45) is 11.5 Å². The Bertz CT molecular complexity index is 842. The second-order valence-electron chi connectivity index (χ2n) is 6.73. The number of hydrogen-bond acceptors (Lipinski definition) is 8. The maximum atomic E-state index is 12.4. The fraction of sp³-hybridized carbons (Fsp3) is 0.471. The molecular weight excluding hydrogens is 430 g/mol. The molecule has 3 atom stereocenters. The van der Waals surface area contributed by atoms with Crippen LogP contribution < -0.4 is 27.4 Å². The molecule has 3 unspecified atom stereocenters. The summed E-state index contributed by atoms with van der Waals surface area (Å²) in [6.07, 6.45) is 1.51. The molecule has 10 N–H and O–H groups in total. The number of hydrogen-bond donors (Lipinski definition) is 8. The summed E-state index contributed by atoms with van der Waals surface area (Å²) in [4.78, 5) is 75.9. The monoisotopic (exact) mass is 455 g/mol. The van der Waals surface area contributed by atoms with E-state index in [0.29, 0.717) is 5.69 Å². The summed E-state index contributed by atoms with van der Waals surface area (Å²) in [5, 5.41) is 24.8. The summed E-state index contributed by atoms with van der Waals surface area (Å²) in [6.45, 7) is -0.636. The Morgan fingerprint density at radius 1 is 1.06 bits per heavy atom. The number of carbonyl (C=O) groups is 6. The van der Waals surface area contributed by atoms with Crippen LogP contribution in [0.4, 0.5) is 0 Å². The Labute approximate surface area is 181 Å². The van der Waals surface area contributed by atoms with Gasteiger partial charge >= 0.3 is 11.9 Å². The van der Waals surface area contributed by atoms with Gasteiger partial charge in [-0.3, -0.25) is 24.0 Å². The minimum Gasteiger partial charge on any atom is -0.481 e. The zero-order valence-electron chi connectivity index (χ0n) is 16.9. The summed E-state index contributed by atoms with van der Waals surface area (Å²) in [5.74, 6) is -6.18. The SMILES string of the molecule is NC(=O)CCC(N)C(=O)NCC(=O)NC(CC(=O)O)C(=O)NC(Cc1cnc[nH]1)C(=O)O. The van der Waals surface area contributed by atoms with Crippen LogP contribution in [0.15, 0.2) is 12.5 Å². The molecule has 0 radical (unpaired) electrons. The fourth-order valence-corrected chi connectivity index (χ4v) is 2.45. The molecule has 32 heavy (non-hydrogen) atoms. The van der Waals surface area contributed by atoms with Crippen LogP contribution in [0.5, 0.6) is 0 Å². The second-order valence-corrected chi connectivity index (χ2v) is 6.73. The highest BCUT2D eigenvalue weighted by Gasteiger charge is 2.29. The van der Waals surface area contributed by atoms with E-state index in [0.717, 1.165) is 0 Å². The summed E-state index contributed by atoms with van der Waals surface area (Å²) in [6, 6.07) is -4.13. The van der Waals surface area contributed by atoms with Gasteiger partial charge in [0, 0.05) is 24.7 Å². The fourth-order valence-electron chi connectivity index (χ4n) is 2.45. The van der Waals surface area contributed by atoms with Crippen molar-refractivity contribution in [1.29, 1.82) is 0 Å². The lowest BCUT2D eigenvalue weighted by molar-refractivity contribution is -0.143. The van der Waals surface area contributed by atoms with Gasteiger partial charge in [0.1, 0.15) is 12.1 Å². The first-order valence-corrected chi connectivity index (χ1v) is 9.32. The van der Waals surface area contributed by atoms with E-state index in [1.54, 1.807) is 0 Å². The van der Waals surface area contributed by atoms with Crippen molar-refractivity contribution in [3.05, 3.63) is 18.2 Å². The molecule has 1 aromatic heterocycles. The molecule has 4 amide bonds. The number of aromatic amines is 1. The van der Waals surface area contributed by atoms with Crippen LogP contribution in [0.1, 0.15) is 25.0 Å². The Morgan fingerprint density at radius 3 is 2.28 bits per heavy atom. The maximum Gasteiger partial charge on any atom is 0.326 e. The first-order chi connectivity index (χ1) is 15.0. The molecule has 0 saturated heterocycles. The largest absolute Gasteiger partial charge is 0.481 e. The van der Waals surface area contributed by atoms with E-state index in [1.807, 2.05) is 0 Å². The summed E-state index contributed by atoms with van der Waals surface area (Å²) < 4.78 is 0. The number of primary amides is 1. The number of amides is 4. The molecule has 0 fully saturated rings. The van der Waals surface area contributed by atoms with Crippen molar-refractivity contribution in [3.63, 3.8) is 0 Å². The number of nitrogens with zero attached hydrogens (tertiary/aromatic N) is 1. The summed E-state index contributed by atoms with van der Waals surface area (Å²) in [5.41, 5.74) is 10.9. The Hall–Kier alpha value is -4.01. The number of aromatic nitrogens is 2. The lowest BCUT2D eigenvalue weighted by Gasteiger charge is -2.20. The van der Waals surface area contributed by atoms with Crippen LogP contribution in [0, 0.1) is 0 Å². The third-order valence-corrected chi connectivity index (χ3v) is 4.09. The van der Waals surface area contributed by atoms with Crippen LogP contribution in [0.2, 0.25) is 0 Å². The van der Waals surface area contributed by atoms with Gasteiger partial charge in [0.25, 0.3) is 0 Å². The number of nitrogens with two attached hydrogens (primary N) is 2. The van der Waals surface area contributed by atoms with Gasteiger partial charge in [0.05, 0.1) is 25.3 Å². The predicted molar refractivity (Wildman–Crippen MR) is 105 cm³/mol. The van der Waals surface area contributed by atoms with Gasteiger partial charge in [-0.15, -0.1) is 0 Å². The van der Waals surface area contributed by atoms with Crippen molar-refractivity contribution in [2.75, 3.05) is 6.54 Å². The standard InChI is InChI=1S/C17H25N7O8/c18-9(1-2-12(19)25)15(29)21-6-13(26)23-10(4-14(27)28)16(30)24-11(17(31)32)3-8-5-20-7-22-8/h5,7,9-11H,1-4,6,18H2,(H2,19,25)(H,20,22)(H,21,29)(H,23,26)(H,24,30)(H,27,28)(H,31,32). The average molecular weight is 455 g/mol. The van der Waals surface area contributed by atoms with Crippen molar-refractivity contribution < 1.29 is 39.0 Å². The summed E-state index contributed by atoms with van der Waals surface area (Å²) >= 11 is 0. The molecule has 15 nitrogen and oxygen atoms in total. The lowest BCUT2D eigenvalue weighted by Crippen LogP contribution is -2.54. The molecule has 15 heteroatoms. The van der Waals surface area contributed by atoms with Crippen LogP contribution in [-0.2, 0) is 35.2 Å². The number of nitrogens with one attached hydrogen (secondary N) is 4. The lowest BCUT2D eigenvalue weighted by atomic mass is 10.1. The van der Waals surface area contributed by atoms with Gasteiger partial charge in [-0.05, 0) is 6.42 Å². The molecular formula is C17H25N7O8. The minimum absolute atomic E-state index is 0.0419. The van der Waals surface area contributed by atoms with Crippen molar-refractivity contribution in [2.45, 2.75) is 43.8 Å². The molecule has 1 rings (SSSR count). The average Bonchev–Trinajstić information content (AvgIpc) is 3.21. The third-order valence-electron chi connectivity index (χ3n) is 4.09. The molecule has 0 aromatic carbocycles. The molecule has 0 aliphatic heterocycles. The number of H-pyrrole nitrogens is 1. The van der Waals surface area contributed by atoms with Gasteiger partial charge in [-0.1, -0.05) is 0 Å². The summed E-state index contributed by atoms with van der Waals surface area (Å²) in [7, 11) is 0. The molecule has 0 bridgehead atoms. The van der Waals surface area contributed by atoms with Gasteiger partial charge in [0.15, 0.2) is 0 Å². The highest BCUT2D eigenvalue weighted by Crippen LogP contribution is 2.01. The molecule has 1 aromatic rings. The Morgan fingerprint density at radius 2 is 1.75 bits per heavy atom. The number of carbonyl (C=O) groups excluding carboxylic acids is 4. The Kier molecular flexibility index (Phi) is 10.3. The molecule has 1 heterocycles. The highest BCUT2D eigenvalue weighted by atomic mass is 16.4. The number of imidazole rings is 1. The quantitative estimate of drug-likeness (QED) is 0.135. The van der Waals surface area contributed by atoms with Crippen LogP contribution in [0.3, 0.4) is 0 Å². The van der Waals surface area contributed by atoms with E-state index in [9.17, 15) is 33.9 Å². The van der Waals surface area contributed by atoms with E-state index in [-0.39, 0.29) is 19.3 Å². The normalized spacial score (nSPS) is 13.3. The van der Waals surface area contributed by atoms with Crippen molar-refractivity contribution in [1.82, 2.24) is 25.9 Å². The highest BCUT2D eigenvalue weighted by molar-refractivity contribution is 5.94. The topological polar surface area (TPSA) is 260 Å². The third kappa shape index (κ3) is 9.66. The number of aliphatic carboxylic acids is 2. The van der Waals surface area contributed by atoms with Gasteiger partial charge in [0.2, 0.25) is 23.6 Å².